The molecule has 0 aromatic carbocycles. The molecular formula is C18H30O3. The fourth-order valence-electron chi connectivity index (χ4n) is 2.79. The van der Waals surface area contributed by atoms with Crippen molar-refractivity contribution in [3.05, 3.63) is 24.3 Å². The molecule has 3 heteroatoms. The third-order valence-corrected chi connectivity index (χ3v) is 4.03. The maximum Gasteiger partial charge on any atom is 0.186 e. The molecule has 0 aromatic heterocycles. The Balaban J connectivity index is 1.49. The van der Waals surface area contributed by atoms with Crippen LogP contribution in [-0.4, -0.2) is 31.2 Å². The SMILES string of the molecule is CCCCC/C=C/C/C=C/CC[C@H]1OC(OCC)[C@@H]2O[C@H]12. The molecule has 0 bridgehead atoms. The van der Waals surface area contributed by atoms with Crippen LogP contribution in [0.25, 0.3) is 0 Å². The van der Waals surface area contributed by atoms with E-state index in [0.29, 0.717) is 6.61 Å². The van der Waals surface area contributed by atoms with Crippen molar-refractivity contribution >= 4 is 0 Å². The van der Waals surface area contributed by atoms with Gasteiger partial charge in [0, 0.05) is 6.61 Å². The van der Waals surface area contributed by atoms with Gasteiger partial charge in [-0.15, -0.1) is 0 Å². The summed E-state index contributed by atoms with van der Waals surface area (Å²) in [5.74, 6) is 0. The van der Waals surface area contributed by atoms with Crippen molar-refractivity contribution in [1.29, 1.82) is 0 Å². The zero-order valence-electron chi connectivity index (χ0n) is 13.5. The van der Waals surface area contributed by atoms with Crippen LogP contribution in [-0.2, 0) is 14.2 Å². The first-order valence-electron chi connectivity index (χ1n) is 8.59. The van der Waals surface area contributed by atoms with Crippen molar-refractivity contribution in [3.8, 4) is 0 Å². The fourth-order valence-corrected chi connectivity index (χ4v) is 2.79. The van der Waals surface area contributed by atoms with Crippen molar-refractivity contribution < 1.29 is 14.2 Å². The van der Waals surface area contributed by atoms with Crippen molar-refractivity contribution in [2.45, 2.75) is 83.4 Å². The van der Waals surface area contributed by atoms with Crippen molar-refractivity contribution in [3.63, 3.8) is 0 Å². The minimum atomic E-state index is -0.125. The minimum Gasteiger partial charge on any atom is -0.361 e. The first kappa shape index (κ1) is 16.7. The molecule has 1 unspecified atom stereocenters. The number of hydrogen-bond donors (Lipinski definition) is 0. The Labute approximate surface area is 129 Å². The van der Waals surface area contributed by atoms with E-state index in [0.717, 1.165) is 19.3 Å². The Bertz CT molecular complexity index is 337. The lowest BCUT2D eigenvalue weighted by Crippen LogP contribution is -2.22. The van der Waals surface area contributed by atoms with Gasteiger partial charge in [0.1, 0.15) is 12.2 Å². The van der Waals surface area contributed by atoms with E-state index in [9.17, 15) is 0 Å². The van der Waals surface area contributed by atoms with Gasteiger partial charge in [-0.1, -0.05) is 44.1 Å². The summed E-state index contributed by atoms with van der Waals surface area (Å²) in [6, 6.07) is 0. The molecule has 2 aliphatic heterocycles. The second kappa shape index (κ2) is 9.39. The Kier molecular flexibility index (Phi) is 7.48. The van der Waals surface area contributed by atoms with E-state index in [1.165, 1.54) is 25.7 Å². The summed E-state index contributed by atoms with van der Waals surface area (Å²) in [5.41, 5.74) is 0. The summed E-state index contributed by atoms with van der Waals surface area (Å²) in [6.07, 6.45) is 18.0. The number of allylic oxidation sites excluding steroid dienone is 4. The van der Waals surface area contributed by atoms with Crippen LogP contribution >= 0.6 is 0 Å². The summed E-state index contributed by atoms with van der Waals surface area (Å²) >= 11 is 0. The largest absolute Gasteiger partial charge is 0.361 e. The van der Waals surface area contributed by atoms with Gasteiger partial charge >= 0.3 is 0 Å². The molecule has 2 fully saturated rings. The topological polar surface area (TPSA) is 31.0 Å². The summed E-state index contributed by atoms with van der Waals surface area (Å²) in [4.78, 5) is 0. The van der Waals surface area contributed by atoms with Crippen LogP contribution in [0.5, 0.6) is 0 Å². The maximum atomic E-state index is 5.85. The first-order chi connectivity index (χ1) is 10.4. The first-order valence-corrected chi connectivity index (χ1v) is 8.59. The molecule has 0 N–H and O–H groups in total. The van der Waals surface area contributed by atoms with Gasteiger partial charge in [0.2, 0.25) is 0 Å². The van der Waals surface area contributed by atoms with Crippen LogP contribution in [0.2, 0.25) is 0 Å². The molecule has 2 aliphatic rings. The summed E-state index contributed by atoms with van der Waals surface area (Å²) in [6.45, 7) is 4.92. The Hall–Kier alpha value is -0.640. The van der Waals surface area contributed by atoms with Crippen molar-refractivity contribution in [2.75, 3.05) is 6.61 Å². The van der Waals surface area contributed by atoms with Crippen LogP contribution in [0, 0.1) is 0 Å². The lowest BCUT2D eigenvalue weighted by atomic mass is 10.1. The summed E-state index contributed by atoms with van der Waals surface area (Å²) in [5, 5.41) is 0. The molecule has 0 amide bonds. The summed E-state index contributed by atoms with van der Waals surface area (Å²) < 4.78 is 17.0. The maximum absolute atomic E-state index is 5.85. The number of ether oxygens (including phenoxy) is 3. The molecule has 21 heavy (non-hydrogen) atoms. The molecule has 0 aliphatic carbocycles. The number of fused-ring (bicyclic) bond motifs is 1. The van der Waals surface area contributed by atoms with E-state index < -0.39 is 0 Å². The van der Waals surface area contributed by atoms with Gasteiger partial charge in [-0.05, 0) is 39.0 Å². The molecule has 120 valence electrons. The highest BCUT2D eigenvalue weighted by Gasteiger charge is 2.58. The molecule has 4 atom stereocenters. The van der Waals surface area contributed by atoms with Gasteiger partial charge in [0.25, 0.3) is 0 Å². The van der Waals surface area contributed by atoms with Crippen LogP contribution in [0.1, 0.15) is 58.8 Å². The molecule has 3 nitrogen and oxygen atoms in total. The molecule has 2 heterocycles. The number of unbranched alkanes of at least 4 members (excludes halogenated alkanes) is 3. The van der Waals surface area contributed by atoms with Crippen LogP contribution in [0.3, 0.4) is 0 Å². The third kappa shape index (κ3) is 5.57. The van der Waals surface area contributed by atoms with Gasteiger partial charge in [0.05, 0.1) is 6.10 Å². The number of epoxide rings is 1. The normalized spacial score (nSPS) is 31.3. The zero-order chi connectivity index (χ0) is 14.9. The highest BCUT2D eigenvalue weighted by molar-refractivity contribution is 5.01. The average Bonchev–Trinajstić information content (AvgIpc) is 3.21. The predicted octanol–water partition coefficient (Wildman–Crippen LogP) is 4.38. The van der Waals surface area contributed by atoms with Gasteiger partial charge in [0.15, 0.2) is 6.29 Å². The quantitative estimate of drug-likeness (QED) is 0.322. The van der Waals surface area contributed by atoms with E-state index in [1.54, 1.807) is 0 Å². The number of rotatable bonds is 11. The van der Waals surface area contributed by atoms with Crippen LogP contribution in [0.15, 0.2) is 24.3 Å². The standard InChI is InChI=1S/C18H30O3/c1-3-5-6-7-8-9-10-11-12-13-14-15-16-17(21-16)18(20-15)19-4-2/h8-9,11-12,15-18H,3-7,10,13-14H2,1-2H3/b9-8+,12-11+/t15-,16-,17-,18?/m1/s1. The lowest BCUT2D eigenvalue weighted by Gasteiger charge is -2.16. The van der Waals surface area contributed by atoms with Crippen LogP contribution in [0.4, 0.5) is 0 Å². The molecular weight excluding hydrogens is 264 g/mol. The van der Waals surface area contributed by atoms with E-state index in [-0.39, 0.29) is 24.6 Å². The average molecular weight is 294 g/mol. The van der Waals surface area contributed by atoms with Crippen LogP contribution < -0.4 is 0 Å². The second-order valence-corrected chi connectivity index (χ2v) is 5.82. The number of hydrogen-bond acceptors (Lipinski definition) is 3. The van der Waals surface area contributed by atoms with Gasteiger partial charge in [-0.25, -0.2) is 0 Å². The monoisotopic (exact) mass is 294 g/mol. The molecule has 0 radical (unpaired) electrons. The molecule has 0 aromatic rings. The smallest absolute Gasteiger partial charge is 0.186 e. The molecule has 2 rings (SSSR count). The van der Waals surface area contributed by atoms with E-state index in [2.05, 4.69) is 31.2 Å². The Morgan fingerprint density at radius 3 is 2.48 bits per heavy atom. The minimum absolute atomic E-state index is 0.125. The predicted molar refractivity (Wildman–Crippen MR) is 85.2 cm³/mol. The Morgan fingerprint density at radius 2 is 1.71 bits per heavy atom. The van der Waals surface area contributed by atoms with Crippen molar-refractivity contribution in [1.82, 2.24) is 0 Å². The van der Waals surface area contributed by atoms with E-state index >= 15 is 0 Å². The Morgan fingerprint density at radius 1 is 0.905 bits per heavy atom. The van der Waals surface area contributed by atoms with E-state index in [1.807, 2.05) is 6.92 Å². The lowest BCUT2D eigenvalue weighted by molar-refractivity contribution is -0.171. The fraction of sp³-hybridized carbons (Fsp3) is 0.778. The summed E-state index contributed by atoms with van der Waals surface area (Å²) in [7, 11) is 0. The van der Waals surface area contributed by atoms with Crippen molar-refractivity contribution in [2.24, 2.45) is 0 Å². The van der Waals surface area contributed by atoms with E-state index in [4.69, 9.17) is 14.2 Å². The molecule has 0 saturated carbocycles. The molecule has 0 spiro atoms. The third-order valence-electron chi connectivity index (χ3n) is 4.03. The van der Waals surface area contributed by atoms with Gasteiger partial charge < -0.3 is 14.2 Å². The van der Waals surface area contributed by atoms with Gasteiger partial charge in [-0.2, -0.15) is 0 Å². The highest BCUT2D eigenvalue weighted by Crippen LogP contribution is 2.41. The highest BCUT2D eigenvalue weighted by atomic mass is 16.8. The molecule has 2 saturated heterocycles. The zero-order valence-corrected chi connectivity index (χ0v) is 13.5. The second-order valence-electron chi connectivity index (χ2n) is 5.82. The van der Waals surface area contributed by atoms with Gasteiger partial charge in [-0.3, -0.25) is 0 Å².